The van der Waals surface area contributed by atoms with Gasteiger partial charge in [0.25, 0.3) is 0 Å². The lowest BCUT2D eigenvalue weighted by molar-refractivity contribution is 0.0564. The number of furan rings is 1. The maximum absolute atomic E-state index is 11.4. The van der Waals surface area contributed by atoms with Crippen LogP contribution in [0.5, 0.6) is 0 Å². The predicted octanol–water partition coefficient (Wildman–Crippen LogP) is 2.94. The van der Waals surface area contributed by atoms with E-state index >= 15 is 0 Å². The second-order valence-electron chi connectivity index (χ2n) is 3.62. The van der Waals surface area contributed by atoms with Crippen molar-refractivity contribution in [3.05, 3.63) is 47.9 Å². The fourth-order valence-electron chi connectivity index (χ4n) is 1.45. The van der Waals surface area contributed by atoms with Crippen LogP contribution in [0, 0.1) is 0 Å². The molecule has 0 amide bonds. The molecule has 0 aliphatic carbocycles. The number of carbonyl (C=O) groups excluding carboxylic acids is 1. The molecule has 0 aliphatic rings. The summed E-state index contributed by atoms with van der Waals surface area (Å²) >= 11 is 1.61. The van der Waals surface area contributed by atoms with Gasteiger partial charge in [0.15, 0.2) is 0 Å². The van der Waals surface area contributed by atoms with Gasteiger partial charge in [0, 0.05) is 21.9 Å². The number of methoxy groups -OCH3 is 1. The highest BCUT2D eigenvalue weighted by molar-refractivity contribution is 7.98. The Balaban J connectivity index is 2.04. The summed E-state index contributed by atoms with van der Waals surface area (Å²) in [4.78, 5) is 12.5. The third kappa shape index (κ3) is 2.87. The first kappa shape index (κ1) is 12.6. The molecule has 2 aromatic rings. The van der Waals surface area contributed by atoms with E-state index in [1.807, 2.05) is 24.3 Å². The van der Waals surface area contributed by atoms with Crippen molar-refractivity contribution in [1.29, 1.82) is 0 Å². The van der Waals surface area contributed by atoms with Crippen LogP contribution in [-0.2, 0) is 10.5 Å². The zero-order valence-corrected chi connectivity index (χ0v) is 10.7. The minimum Gasteiger partial charge on any atom is -0.463 e. The van der Waals surface area contributed by atoms with Crippen molar-refractivity contribution < 1.29 is 13.9 Å². The smallest absolute Gasteiger partial charge is 0.374 e. The topological polar surface area (TPSA) is 65.5 Å². The second kappa shape index (κ2) is 5.64. The number of rotatable bonds is 4. The first-order valence-corrected chi connectivity index (χ1v) is 6.32. The monoisotopic (exact) mass is 263 g/mol. The summed E-state index contributed by atoms with van der Waals surface area (Å²) in [5.74, 6) is 0.457. The molecule has 0 atom stereocenters. The third-order valence-electron chi connectivity index (χ3n) is 2.39. The Bertz CT molecular complexity index is 533. The Kier molecular flexibility index (Phi) is 3.94. The predicted molar refractivity (Wildman–Crippen MR) is 70.5 cm³/mol. The first-order valence-electron chi connectivity index (χ1n) is 5.33. The van der Waals surface area contributed by atoms with Gasteiger partial charge in [-0.1, -0.05) is 0 Å². The molecule has 94 valence electrons. The summed E-state index contributed by atoms with van der Waals surface area (Å²) in [5.41, 5.74) is 7.17. The number of ether oxygens (including phenoxy) is 1. The van der Waals surface area contributed by atoms with E-state index in [4.69, 9.17) is 10.2 Å². The standard InChI is InChI=1S/C13H13NO3S/c1-16-13(15)12-9(6-7-17-12)8-18-11-4-2-10(14)3-5-11/h2-7H,8,14H2,1H3. The normalized spacial score (nSPS) is 10.3. The summed E-state index contributed by atoms with van der Waals surface area (Å²) in [6.45, 7) is 0. The Morgan fingerprint density at radius 3 is 2.72 bits per heavy atom. The summed E-state index contributed by atoms with van der Waals surface area (Å²) in [6, 6.07) is 9.35. The molecule has 0 saturated carbocycles. The van der Waals surface area contributed by atoms with Gasteiger partial charge in [-0.05, 0) is 30.3 Å². The van der Waals surface area contributed by atoms with E-state index in [2.05, 4.69) is 4.74 Å². The molecular formula is C13H13NO3S. The van der Waals surface area contributed by atoms with E-state index in [1.165, 1.54) is 13.4 Å². The summed E-state index contributed by atoms with van der Waals surface area (Å²) in [5, 5.41) is 0. The van der Waals surface area contributed by atoms with Crippen LogP contribution in [0.4, 0.5) is 5.69 Å². The Labute approximate surface area is 109 Å². The number of hydrogen-bond acceptors (Lipinski definition) is 5. The highest BCUT2D eigenvalue weighted by Gasteiger charge is 2.15. The van der Waals surface area contributed by atoms with Gasteiger partial charge in [-0.3, -0.25) is 0 Å². The zero-order valence-electron chi connectivity index (χ0n) is 9.88. The van der Waals surface area contributed by atoms with Gasteiger partial charge in [-0.25, -0.2) is 4.79 Å². The molecule has 0 fully saturated rings. The molecule has 0 unspecified atom stereocenters. The largest absolute Gasteiger partial charge is 0.463 e. The van der Waals surface area contributed by atoms with Crippen molar-refractivity contribution in [2.45, 2.75) is 10.6 Å². The lowest BCUT2D eigenvalue weighted by atomic mass is 10.3. The molecule has 18 heavy (non-hydrogen) atoms. The molecule has 4 nitrogen and oxygen atoms in total. The van der Waals surface area contributed by atoms with Crippen molar-refractivity contribution in [2.24, 2.45) is 0 Å². The quantitative estimate of drug-likeness (QED) is 0.522. The number of nitrogen functional groups attached to an aromatic ring is 1. The minimum atomic E-state index is -0.451. The second-order valence-corrected chi connectivity index (χ2v) is 4.67. The van der Waals surface area contributed by atoms with E-state index < -0.39 is 5.97 Å². The number of carbonyl (C=O) groups is 1. The van der Waals surface area contributed by atoms with E-state index in [0.717, 1.165) is 16.1 Å². The van der Waals surface area contributed by atoms with Gasteiger partial charge in [-0.15, -0.1) is 11.8 Å². The van der Waals surface area contributed by atoms with Crippen LogP contribution < -0.4 is 5.73 Å². The molecule has 1 aromatic heterocycles. The average Bonchev–Trinajstić information content (AvgIpc) is 2.85. The summed E-state index contributed by atoms with van der Waals surface area (Å²) in [6.07, 6.45) is 1.49. The van der Waals surface area contributed by atoms with Gasteiger partial charge in [0.1, 0.15) is 0 Å². The van der Waals surface area contributed by atoms with Crippen LogP contribution in [0.15, 0.2) is 45.9 Å². The highest BCUT2D eigenvalue weighted by atomic mass is 32.2. The Hall–Kier alpha value is -1.88. The molecule has 5 heteroatoms. The lowest BCUT2D eigenvalue weighted by Gasteiger charge is -2.02. The number of thioether (sulfide) groups is 1. The van der Waals surface area contributed by atoms with Crippen LogP contribution in [0.1, 0.15) is 16.1 Å². The molecule has 0 saturated heterocycles. The van der Waals surface area contributed by atoms with Gasteiger partial charge in [0.05, 0.1) is 13.4 Å². The number of esters is 1. The number of anilines is 1. The fourth-order valence-corrected chi connectivity index (χ4v) is 2.32. The Morgan fingerprint density at radius 1 is 1.33 bits per heavy atom. The summed E-state index contributed by atoms with van der Waals surface area (Å²) in [7, 11) is 1.34. The van der Waals surface area contributed by atoms with E-state index in [0.29, 0.717) is 5.75 Å². The molecular weight excluding hydrogens is 250 g/mol. The summed E-state index contributed by atoms with van der Waals surface area (Å²) < 4.78 is 9.76. The van der Waals surface area contributed by atoms with Crippen molar-refractivity contribution in [1.82, 2.24) is 0 Å². The maximum atomic E-state index is 11.4. The first-order chi connectivity index (χ1) is 8.70. The molecule has 0 bridgehead atoms. The van der Waals surface area contributed by atoms with Gasteiger partial charge in [0.2, 0.25) is 5.76 Å². The molecule has 1 aromatic carbocycles. The Morgan fingerprint density at radius 2 is 2.06 bits per heavy atom. The molecule has 2 rings (SSSR count). The third-order valence-corrected chi connectivity index (χ3v) is 3.45. The van der Waals surface area contributed by atoms with Crippen molar-refractivity contribution >= 4 is 23.4 Å². The van der Waals surface area contributed by atoms with Gasteiger partial charge in [-0.2, -0.15) is 0 Å². The minimum absolute atomic E-state index is 0.264. The SMILES string of the molecule is COC(=O)c1occc1CSc1ccc(N)cc1. The van der Waals surface area contributed by atoms with E-state index in [1.54, 1.807) is 17.8 Å². The molecule has 0 spiro atoms. The highest BCUT2D eigenvalue weighted by Crippen LogP contribution is 2.26. The van der Waals surface area contributed by atoms with Gasteiger partial charge >= 0.3 is 5.97 Å². The average molecular weight is 263 g/mol. The molecule has 1 heterocycles. The number of benzene rings is 1. The van der Waals surface area contributed by atoms with Crippen molar-refractivity contribution in [2.75, 3.05) is 12.8 Å². The fraction of sp³-hybridized carbons (Fsp3) is 0.154. The maximum Gasteiger partial charge on any atom is 0.374 e. The molecule has 2 N–H and O–H groups in total. The van der Waals surface area contributed by atoms with E-state index in [9.17, 15) is 4.79 Å². The van der Waals surface area contributed by atoms with Crippen LogP contribution in [-0.4, -0.2) is 13.1 Å². The molecule has 0 aliphatic heterocycles. The van der Waals surface area contributed by atoms with Gasteiger partial charge < -0.3 is 14.9 Å². The lowest BCUT2D eigenvalue weighted by Crippen LogP contribution is -2.02. The number of nitrogens with two attached hydrogens (primary N) is 1. The molecule has 0 radical (unpaired) electrons. The van der Waals surface area contributed by atoms with Crippen LogP contribution >= 0.6 is 11.8 Å². The van der Waals surface area contributed by atoms with Crippen molar-refractivity contribution in [3.8, 4) is 0 Å². The number of hydrogen-bond donors (Lipinski definition) is 1. The van der Waals surface area contributed by atoms with Crippen LogP contribution in [0.3, 0.4) is 0 Å². The zero-order chi connectivity index (χ0) is 13.0. The van der Waals surface area contributed by atoms with Crippen molar-refractivity contribution in [3.63, 3.8) is 0 Å². The van der Waals surface area contributed by atoms with Crippen LogP contribution in [0.25, 0.3) is 0 Å². The van der Waals surface area contributed by atoms with Crippen LogP contribution in [0.2, 0.25) is 0 Å². The van der Waals surface area contributed by atoms with E-state index in [-0.39, 0.29) is 5.76 Å².